The molecule has 112 valence electrons. The van der Waals surface area contributed by atoms with Crippen LogP contribution in [0.1, 0.15) is 19.8 Å². The molecule has 0 aliphatic rings. The van der Waals surface area contributed by atoms with E-state index in [1.54, 1.807) is 19.0 Å². The molecule has 1 rings (SSSR count). The molecule has 0 aromatic carbocycles. The number of hydrogen-bond acceptors (Lipinski definition) is 8. The monoisotopic (exact) mass is 283 g/mol. The molecule has 9 nitrogen and oxygen atoms in total. The lowest BCUT2D eigenvalue weighted by Crippen LogP contribution is -2.28. The third kappa shape index (κ3) is 4.84. The smallest absolute Gasteiger partial charge is 0.323 e. The molecule has 1 amide bonds. The van der Waals surface area contributed by atoms with Gasteiger partial charge >= 0.3 is 6.01 Å². The number of ether oxygens (including phenoxy) is 1. The van der Waals surface area contributed by atoms with Crippen molar-refractivity contribution >= 4 is 17.8 Å². The fraction of sp³-hybridized carbons (Fsp3) is 0.636. The molecule has 0 aliphatic carbocycles. The number of nitrogens with two attached hydrogens (primary N) is 1. The highest BCUT2D eigenvalue weighted by atomic mass is 16.5. The second kappa shape index (κ2) is 8.10. The Balaban J connectivity index is 2.78. The summed E-state index contributed by atoms with van der Waals surface area (Å²) in [5.74, 6) is 5.88. The molecule has 0 aliphatic heterocycles. The molecule has 1 aromatic rings. The zero-order chi connectivity index (χ0) is 15.0. The van der Waals surface area contributed by atoms with E-state index in [1.165, 1.54) is 0 Å². The minimum absolute atomic E-state index is 0.0504. The molecule has 0 radical (unpaired) electrons. The van der Waals surface area contributed by atoms with Crippen molar-refractivity contribution in [2.45, 2.75) is 19.8 Å². The van der Waals surface area contributed by atoms with Crippen LogP contribution < -0.4 is 26.2 Å². The Hall–Kier alpha value is -2.16. The van der Waals surface area contributed by atoms with E-state index in [1.807, 2.05) is 6.92 Å². The van der Waals surface area contributed by atoms with Gasteiger partial charge in [-0.1, -0.05) is 6.92 Å². The molecule has 9 heteroatoms. The van der Waals surface area contributed by atoms with Gasteiger partial charge in [-0.3, -0.25) is 10.2 Å². The highest BCUT2D eigenvalue weighted by Crippen LogP contribution is 2.13. The third-order valence-electron chi connectivity index (χ3n) is 2.46. The van der Waals surface area contributed by atoms with E-state index < -0.39 is 0 Å². The maximum absolute atomic E-state index is 11.2. The molecule has 1 heterocycles. The molecule has 0 atom stereocenters. The maximum atomic E-state index is 11.2. The molecule has 0 spiro atoms. The van der Waals surface area contributed by atoms with E-state index in [0.29, 0.717) is 25.5 Å². The van der Waals surface area contributed by atoms with Crippen LogP contribution in [0.15, 0.2) is 0 Å². The van der Waals surface area contributed by atoms with E-state index in [2.05, 4.69) is 25.7 Å². The van der Waals surface area contributed by atoms with Gasteiger partial charge in [0.25, 0.3) is 0 Å². The van der Waals surface area contributed by atoms with Gasteiger partial charge in [0.05, 0.1) is 6.61 Å². The Kier molecular flexibility index (Phi) is 6.44. The SMILES string of the molecule is CCCOc1nc(NN)nc(N(C)CCC(=O)NC)n1. The molecule has 20 heavy (non-hydrogen) atoms. The minimum Gasteiger partial charge on any atom is -0.463 e. The summed E-state index contributed by atoms with van der Waals surface area (Å²) in [5.41, 5.74) is 2.37. The van der Waals surface area contributed by atoms with Crippen molar-refractivity contribution in [3.63, 3.8) is 0 Å². The van der Waals surface area contributed by atoms with Gasteiger partial charge in [-0.2, -0.15) is 15.0 Å². The first-order valence-corrected chi connectivity index (χ1v) is 6.37. The third-order valence-corrected chi connectivity index (χ3v) is 2.46. The summed E-state index contributed by atoms with van der Waals surface area (Å²) in [5, 5.41) is 2.56. The Morgan fingerprint density at radius 2 is 2.15 bits per heavy atom. The number of aromatic nitrogens is 3. The second-order valence-electron chi connectivity index (χ2n) is 4.08. The van der Waals surface area contributed by atoms with Crippen LogP contribution in [0.2, 0.25) is 0 Å². The molecule has 0 bridgehead atoms. The number of carbonyl (C=O) groups is 1. The summed E-state index contributed by atoms with van der Waals surface area (Å²) in [7, 11) is 3.38. The van der Waals surface area contributed by atoms with Gasteiger partial charge in [-0.25, -0.2) is 5.84 Å². The van der Waals surface area contributed by atoms with Crippen LogP contribution in [0.25, 0.3) is 0 Å². The van der Waals surface area contributed by atoms with Gasteiger partial charge in [-0.05, 0) is 6.42 Å². The Morgan fingerprint density at radius 3 is 2.75 bits per heavy atom. The molecule has 1 aromatic heterocycles. The van der Waals surface area contributed by atoms with Crippen LogP contribution in [0.5, 0.6) is 6.01 Å². The Morgan fingerprint density at radius 1 is 1.40 bits per heavy atom. The predicted octanol–water partition coefficient (Wildman–Crippen LogP) is -0.482. The average molecular weight is 283 g/mol. The van der Waals surface area contributed by atoms with Crippen LogP contribution in [0.3, 0.4) is 0 Å². The summed E-state index contributed by atoms with van der Waals surface area (Å²) in [6.07, 6.45) is 1.19. The van der Waals surface area contributed by atoms with Crippen LogP contribution in [-0.2, 0) is 4.79 Å². The van der Waals surface area contributed by atoms with Crippen LogP contribution in [0.4, 0.5) is 11.9 Å². The van der Waals surface area contributed by atoms with Crippen LogP contribution in [-0.4, -0.2) is 48.1 Å². The summed E-state index contributed by atoms with van der Waals surface area (Å²) in [6.45, 7) is 2.97. The minimum atomic E-state index is -0.0504. The summed E-state index contributed by atoms with van der Waals surface area (Å²) >= 11 is 0. The zero-order valence-corrected chi connectivity index (χ0v) is 12.0. The van der Waals surface area contributed by atoms with Gasteiger partial charge in [0, 0.05) is 27.1 Å². The lowest BCUT2D eigenvalue weighted by molar-refractivity contribution is -0.120. The van der Waals surface area contributed by atoms with E-state index in [-0.39, 0.29) is 17.9 Å². The number of nitrogens with one attached hydrogen (secondary N) is 2. The van der Waals surface area contributed by atoms with E-state index in [0.717, 1.165) is 6.42 Å². The number of carbonyl (C=O) groups excluding carboxylic acids is 1. The first kappa shape index (κ1) is 15.9. The average Bonchev–Trinajstić information content (AvgIpc) is 2.49. The summed E-state index contributed by atoms with van der Waals surface area (Å²) in [4.78, 5) is 25.3. The lowest BCUT2D eigenvalue weighted by atomic mass is 10.4. The summed E-state index contributed by atoms with van der Waals surface area (Å²) in [6, 6.07) is 0.205. The van der Waals surface area contributed by atoms with E-state index in [9.17, 15) is 4.79 Å². The van der Waals surface area contributed by atoms with Gasteiger partial charge in [0.2, 0.25) is 17.8 Å². The van der Waals surface area contributed by atoms with Crippen molar-refractivity contribution < 1.29 is 9.53 Å². The molecular formula is C11H21N7O2. The number of hydrogen-bond donors (Lipinski definition) is 3. The fourth-order valence-corrected chi connectivity index (χ4v) is 1.33. The first-order chi connectivity index (χ1) is 9.60. The highest BCUT2D eigenvalue weighted by molar-refractivity contribution is 5.76. The second-order valence-corrected chi connectivity index (χ2v) is 4.08. The number of nitrogen functional groups attached to an aromatic ring is 1. The van der Waals surface area contributed by atoms with Gasteiger partial charge in [-0.15, -0.1) is 0 Å². The number of nitrogens with zero attached hydrogens (tertiary/aromatic N) is 4. The van der Waals surface area contributed by atoms with Crippen molar-refractivity contribution in [3.8, 4) is 6.01 Å². The van der Waals surface area contributed by atoms with Crippen molar-refractivity contribution in [3.05, 3.63) is 0 Å². The Bertz CT molecular complexity index is 441. The van der Waals surface area contributed by atoms with Crippen molar-refractivity contribution in [1.82, 2.24) is 20.3 Å². The number of rotatable bonds is 8. The Labute approximate surface area is 117 Å². The van der Waals surface area contributed by atoms with Crippen molar-refractivity contribution in [2.75, 3.05) is 37.6 Å². The topological polar surface area (TPSA) is 118 Å². The number of anilines is 2. The maximum Gasteiger partial charge on any atom is 0.323 e. The van der Waals surface area contributed by atoms with Crippen molar-refractivity contribution in [1.29, 1.82) is 0 Å². The number of hydrazine groups is 1. The molecule has 0 saturated carbocycles. The van der Waals surface area contributed by atoms with Gasteiger partial charge < -0.3 is 15.0 Å². The quantitative estimate of drug-likeness (QED) is 0.432. The normalized spacial score (nSPS) is 10.0. The highest BCUT2D eigenvalue weighted by Gasteiger charge is 2.11. The van der Waals surface area contributed by atoms with E-state index >= 15 is 0 Å². The standard InChI is InChI=1S/C11H21N7O2/c1-4-7-20-11-15-9(17-12)14-10(16-11)18(3)6-5-8(19)13-2/h4-7,12H2,1-3H3,(H,13,19)(H,14,15,16,17). The van der Waals surface area contributed by atoms with E-state index in [4.69, 9.17) is 10.6 Å². The molecular weight excluding hydrogens is 262 g/mol. The molecule has 0 unspecified atom stereocenters. The predicted molar refractivity (Wildman–Crippen MR) is 75.4 cm³/mol. The molecule has 0 saturated heterocycles. The van der Waals surface area contributed by atoms with Crippen LogP contribution >= 0.6 is 0 Å². The van der Waals surface area contributed by atoms with Gasteiger partial charge in [0.15, 0.2) is 0 Å². The number of amides is 1. The molecule has 4 N–H and O–H groups in total. The first-order valence-electron chi connectivity index (χ1n) is 6.37. The largest absolute Gasteiger partial charge is 0.463 e. The zero-order valence-electron chi connectivity index (χ0n) is 12.0. The molecule has 0 fully saturated rings. The lowest BCUT2D eigenvalue weighted by Gasteiger charge is -2.17. The summed E-state index contributed by atoms with van der Waals surface area (Å²) < 4.78 is 5.37. The van der Waals surface area contributed by atoms with Crippen LogP contribution in [0, 0.1) is 0 Å². The van der Waals surface area contributed by atoms with Gasteiger partial charge in [0.1, 0.15) is 0 Å². The fourth-order valence-electron chi connectivity index (χ4n) is 1.33. The van der Waals surface area contributed by atoms with Crippen molar-refractivity contribution in [2.24, 2.45) is 5.84 Å².